The fraction of sp³-hybridized carbons (Fsp3) is 0.583. The van der Waals surface area contributed by atoms with Gasteiger partial charge in [-0.3, -0.25) is 4.79 Å². The van der Waals surface area contributed by atoms with Crippen LogP contribution in [0.4, 0.5) is 0 Å². The summed E-state index contributed by atoms with van der Waals surface area (Å²) < 4.78 is 5.65. The lowest BCUT2D eigenvalue weighted by atomic mass is 9.98. The highest BCUT2D eigenvalue weighted by Crippen LogP contribution is 2.29. The zero-order valence-corrected chi connectivity index (χ0v) is 9.83. The van der Waals surface area contributed by atoms with Gasteiger partial charge in [-0.25, -0.2) is 0 Å². The SMILES string of the molecule is CC(C)c1cc(CC(N)=O)oc1C(C)C. The van der Waals surface area contributed by atoms with Crippen molar-refractivity contribution < 1.29 is 9.21 Å². The number of carbonyl (C=O) groups is 1. The summed E-state index contributed by atoms with van der Waals surface area (Å²) in [7, 11) is 0. The number of carbonyl (C=O) groups excluding carboxylic acids is 1. The highest BCUT2D eigenvalue weighted by atomic mass is 16.3. The van der Waals surface area contributed by atoms with Crippen molar-refractivity contribution in [2.45, 2.75) is 46.0 Å². The lowest BCUT2D eigenvalue weighted by Crippen LogP contribution is -2.12. The van der Waals surface area contributed by atoms with Crippen LogP contribution in [0.1, 0.15) is 56.6 Å². The first-order valence-electron chi connectivity index (χ1n) is 5.32. The zero-order valence-electron chi connectivity index (χ0n) is 9.83. The molecule has 1 aromatic rings. The molecular formula is C12H19NO2. The maximum absolute atomic E-state index is 10.8. The summed E-state index contributed by atoms with van der Waals surface area (Å²) in [5.41, 5.74) is 6.32. The molecule has 84 valence electrons. The molecule has 2 N–H and O–H groups in total. The van der Waals surface area contributed by atoms with E-state index in [1.54, 1.807) is 0 Å². The monoisotopic (exact) mass is 209 g/mol. The molecule has 0 aromatic carbocycles. The first-order valence-corrected chi connectivity index (χ1v) is 5.32. The molecule has 0 fully saturated rings. The average molecular weight is 209 g/mol. The Morgan fingerprint density at radius 3 is 2.27 bits per heavy atom. The van der Waals surface area contributed by atoms with Crippen molar-refractivity contribution >= 4 is 5.91 Å². The molecule has 0 radical (unpaired) electrons. The minimum atomic E-state index is -0.352. The van der Waals surface area contributed by atoms with Gasteiger partial charge >= 0.3 is 0 Å². The van der Waals surface area contributed by atoms with Crippen molar-refractivity contribution in [3.8, 4) is 0 Å². The van der Waals surface area contributed by atoms with Gasteiger partial charge in [0, 0.05) is 5.92 Å². The van der Waals surface area contributed by atoms with Crippen LogP contribution in [0.25, 0.3) is 0 Å². The van der Waals surface area contributed by atoms with Gasteiger partial charge in [0.25, 0.3) is 0 Å². The first kappa shape index (κ1) is 11.8. The third-order valence-electron chi connectivity index (χ3n) is 2.34. The summed E-state index contributed by atoms with van der Waals surface area (Å²) in [5, 5.41) is 0. The van der Waals surface area contributed by atoms with Crippen LogP contribution in [0.2, 0.25) is 0 Å². The number of hydrogen-bond acceptors (Lipinski definition) is 2. The molecule has 0 aliphatic heterocycles. The van der Waals surface area contributed by atoms with Crippen LogP contribution in [0.3, 0.4) is 0 Å². The van der Waals surface area contributed by atoms with Crippen molar-refractivity contribution in [1.82, 2.24) is 0 Å². The molecule has 3 heteroatoms. The van der Waals surface area contributed by atoms with E-state index in [1.165, 1.54) is 5.56 Å². The number of primary amides is 1. The highest BCUT2D eigenvalue weighted by Gasteiger charge is 2.17. The summed E-state index contributed by atoms with van der Waals surface area (Å²) in [6, 6.07) is 1.95. The number of nitrogens with two attached hydrogens (primary N) is 1. The Kier molecular flexibility index (Phi) is 3.56. The van der Waals surface area contributed by atoms with Gasteiger partial charge < -0.3 is 10.2 Å². The Hall–Kier alpha value is -1.25. The Morgan fingerprint density at radius 2 is 1.93 bits per heavy atom. The van der Waals surface area contributed by atoms with E-state index < -0.39 is 0 Å². The number of furan rings is 1. The van der Waals surface area contributed by atoms with Gasteiger partial charge in [0.15, 0.2) is 0 Å². The van der Waals surface area contributed by atoms with Crippen molar-refractivity contribution in [3.63, 3.8) is 0 Å². The van der Waals surface area contributed by atoms with E-state index in [4.69, 9.17) is 10.2 Å². The predicted octanol–water partition coefficient (Wildman–Crippen LogP) is 2.55. The smallest absolute Gasteiger partial charge is 0.225 e. The molecule has 15 heavy (non-hydrogen) atoms. The normalized spacial score (nSPS) is 11.3. The Morgan fingerprint density at radius 1 is 1.33 bits per heavy atom. The standard InChI is InChI=1S/C12H19NO2/c1-7(2)10-5-9(6-11(13)14)15-12(10)8(3)4/h5,7-8H,6H2,1-4H3,(H2,13,14). The number of rotatable bonds is 4. The van der Waals surface area contributed by atoms with E-state index in [1.807, 2.05) is 6.07 Å². The van der Waals surface area contributed by atoms with Gasteiger partial charge in [-0.2, -0.15) is 0 Å². The van der Waals surface area contributed by atoms with Crippen LogP contribution in [-0.4, -0.2) is 5.91 Å². The molecule has 0 spiro atoms. The van der Waals surface area contributed by atoms with Crippen molar-refractivity contribution in [3.05, 3.63) is 23.2 Å². The van der Waals surface area contributed by atoms with E-state index in [-0.39, 0.29) is 12.3 Å². The van der Waals surface area contributed by atoms with Crippen LogP contribution in [0, 0.1) is 0 Å². The minimum Gasteiger partial charge on any atom is -0.465 e. The first-order chi connectivity index (χ1) is 6.91. The van der Waals surface area contributed by atoms with E-state index in [2.05, 4.69) is 27.7 Å². The average Bonchev–Trinajstić information content (AvgIpc) is 2.46. The highest BCUT2D eigenvalue weighted by molar-refractivity contribution is 5.76. The van der Waals surface area contributed by atoms with Gasteiger partial charge in [0.1, 0.15) is 11.5 Å². The fourth-order valence-electron chi connectivity index (χ4n) is 1.64. The van der Waals surface area contributed by atoms with Crippen LogP contribution in [0.15, 0.2) is 10.5 Å². The molecule has 1 rings (SSSR count). The molecule has 0 aliphatic carbocycles. The number of amides is 1. The third-order valence-corrected chi connectivity index (χ3v) is 2.34. The van der Waals surface area contributed by atoms with Crippen LogP contribution >= 0.6 is 0 Å². The van der Waals surface area contributed by atoms with Crippen LogP contribution < -0.4 is 5.73 Å². The predicted molar refractivity (Wildman–Crippen MR) is 59.8 cm³/mol. The lowest BCUT2D eigenvalue weighted by molar-refractivity contribution is -0.117. The summed E-state index contributed by atoms with van der Waals surface area (Å²) in [5.74, 6) is 2.04. The summed E-state index contributed by atoms with van der Waals surface area (Å²) in [4.78, 5) is 10.8. The van der Waals surface area contributed by atoms with Crippen LogP contribution in [-0.2, 0) is 11.2 Å². The summed E-state index contributed by atoms with van der Waals surface area (Å²) in [6.45, 7) is 8.40. The molecule has 1 amide bonds. The zero-order chi connectivity index (χ0) is 11.6. The van der Waals surface area contributed by atoms with Crippen molar-refractivity contribution in [2.75, 3.05) is 0 Å². The second kappa shape index (κ2) is 4.51. The molecule has 0 aliphatic rings. The quantitative estimate of drug-likeness (QED) is 0.828. The van der Waals surface area contributed by atoms with E-state index in [9.17, 15) is 4.79 Å². The largest absolute Gasteiger partial charge is 0.465 e. The van der Waals surface area contributed by atoms with Crippen molar-refractivity contribution in [1.29, 1.82) is 0 Å². The molecule has 0 saturated carbocycles. The topological polar surface area (TPSA) is 56.2 Å². The number of hydrogen-bond donors (Lipinski definition) is 1. The van der Waals surface area contributed by atoms with E-state index in [0.29, 0.717) is 17.6 Å². The maximum Gasteiger partial charge on any atom is 0.225 e. The van der Waals surface area contributed by atoms with Gasteiger partial charge in [0.2, 0.25) is 5.91 Å². The fourth-order valence-corrected chi connectivity index (χ4v) is 1.64. The molecule has 0 atom stereocenters. The van der Waals surface area contributed by atoms with E-state index >= 15 is 0 Å². The third kappa shape index (κ3) is 2.85. The molecule has 0 unspecified atom stereocenters. The summed E-state index contributed by atoms with van der Waals surface area (Å²) >= 11 is 0. The van der Waals surface area contributed by atoms with Gasteiger partial charge in [-0.15, -0.1) is 0 Å². The molecular weight excluding hydrogens is 190 g/mol. The molecule has 0 saturated heterocycles. The molecule has 1 aromatic heterocycles. The lowest BCUT2D eigenvalue weighted by Gasteiger charge is -2.07. The second-order valence-corrected chi connectivity index (χ2v) is 4.48. The van der Waals surface area contributed by atoms with Crippen molar-refractivity contribution in [2.24, 2.45) is 5.73 Å². The van der Waals surface area contributed by atoms with Gasteiger partial charge in [0.05, 0.1) is 6.42 Å². The maximum atomic E-state index is 10.8. The Bertz CT molecular complexity index is 325. The summed E-state index contributed by atoms with van der Waals surface area (Å²) in [6.07, 6.45) is 0.187. The second-order valence-electron chi connectivity index (χ2n) is 4.48. The van der Waals surface area contributed by atoms with Gasteiger partial charge in [-0.1, -0.05) is 27.7 Å². The minimum absolute atomic E-state index is 0.187. The Balaban J connectivity index is 3.03. The Labute approximate surface area is 90.6 Å². The van der Waals surface area contributed by atoms with E-state index in [0.717, 1.165) is 5.76 Å². The molecule has 1 heterocycles. The van der Waals surface area contributed by atoms with Gasteiger partial charge in [-0.05, 0) is 17.5 Å². The molecule has 0 bridgehead atoms. The van der Waals surface area contributed by atoms with Crippen LogP contribution in [0.5, 0.6) is 0 Å². The molecule has 3 nitrogen and oxygen atoms in total.